The van der Waals surface area contributed by atoms with Crippen LogP contribution in [-0.2, 0) is 0 Å². The number of rotatable bonds is 8. The Morgan fingerprint density at radius 2 is 1.78 bits per heavy atom. The molecule has 0 radical (unpaired) electrons. The zero-order valence-electron chi connectivity index (χ0n) is 12.9. The van der Waals surface area contributed by atoms with Gasteiger partial charge in [-0.3, -0.25) is 4.90 Å². The highest BCUT2D eigenvalue weighted by molar-refractivity contribution is 4.91. The maximum Gasteiger partial charge on any atom is 0.0306 e. The molecule has 0 bridgehead atoms. The topological polar surface area (TPSA) is 29.3 Å². The first-order chi connectivity index (χ1) is 8.68. The molecule has 1 unspecified atom stereocenters. The maximum absolute atomic E-state index is 6.13. The van der Waals surface area contributed by atoms with Crippen molar-refractivity contribution in [2.24, 2.45) is 5.73 Å². The molecule has 1 rings (SSSR count). The Kier molecular flexibility index (Phi) is 7.25. The molecule has 0 amide bonds. The molecule has 18 heavy (non-hydrogen) atoms. The highest BCUT2D eigenvalue weighted by Gasteiger charge is 2.34. The molecule has 0 saturated heterocycles. The van der Waals surface area contributed by atoms with E-state index in [0.29, 0.717) is 0 Å². The molecule has 2 nitrogen and oxygen atoms in total. The summed E-state index contributed by atoms with van der Waals surface area (Å²) in [5, 5.41) is 0. The van der Waals surface area contributed by atoms with Gasteiger partial charge in [-0.05, 0) is 32.7 Å². The van der Waals surface area contributed by atoms with E-state index in [0.717, 1.165) is 19.1 Å². The summed E-state index contributed by atoms with van der Waals surface area (Å²) in [5.74, 6) is 0. The number of unbranched alkanes of at least 4 members (excludes halogenated alkanes) is 2. The van der Waals surface area contributed by atoms with Crippen molar-refractivity contribution in [3.63, 3.8) is 0 Å². The number of nitrogens with zero attached hydrogens (tertiary/aromatic N) is 1. The van der Waals surface area contributed by atoms with E-state index in [-0.39, 0.29) is 5.54 Å². The quantitative estimate of drug-likeness (QED) is 0.665. The molecule has 0 heterocycles. The lowest BCUT2D eigenvalue weighted by Crippen LogP contribution is -2.56. The van der Waals surface area contributed by atoms with Crippen molar-refractivity contribution in [2.75, 3.05) is 13.1 Å². The molecule has 2 N–H and O–H groups in total. The standard InChI is InChI=1S/C16H34N2/c1-4-6-10-13-16(3,14-17)18(5-2)15-11-8-7-9-12-15/h15H,4-14,17H2,1-3H3. The minimum absolute atomic E-state index is 0.228. The fraction of sp³-hybridized carbons (Fsp3) is 1.00. The fourth-order valence-corrected chi connectivity index (χ4v) is 3.59. The third kappa shape index (κ3) is 4.24. The summed E-state index contributed by atoms with van der Waals surface area (Å²) in [6.07, 6.45) is 12.3. The average Bonchev–Trinajstić information content (AvgIpc) is 2.41. The van der Waals surface area contributed by atoms with E-state index in [2.05, 4.69) is 25.7 Å². The summed E-state index contributed by atoms with van der Waals surface area (Å²) >= 11 is 0. The van der Waals surface area contributed by atoms with Crippen LogP contribution in [0.5, 0.6) is 0 Å². The summed E-state index contributed by atoms with van der Waals surface area (Å²) in [7, 11) is 0. The van der Waals surface area contributed by atoms with Crippen LogP contribution in [0.1, 0.15) is 78.6 Å². The van der Waals surface area contributed by atoms with E-state index in [1.165, 1.54) is 57.8 Å². The fourth-order valence-electron chi connectivity index (χ4n) is 3.59. The highest BCUT2D eigenvalue weighted by Crippen LogP contribution is 2.30. The second-order valence-corrected chi connectivity index (χ2v) is 6.24. The zero-order chi connectivity index (χ0) is 13.4. The smallest absolute Gasteiger partial charge is 0.0306 e. The van der Waals surface area contributed by atoms with Crippen LogP contribution in [0, 0.1) is 0 Å². The Hall–Kier alpha value is -0.0800. The van der Waals surface area contributed by atoms with Crippen LogP contribution in [0.3, 0.4) is 0 Å². The summed E-state index contributed by atoms with van der Waals surface area (Å²) in [5.41, 5.74) is 6.36. The molecule has 0 aromatic rings. The van der Waals surface area contributed by atoms with Gasteiger partial charge < -0.3 is 5.73 Å². The van der Waals surface area contributed by atoms with Gasteiger partial charge in [0, 0.05) is 18.1 Å². The minimum Gasteiger partial charge on any atom is -0.329 e. The molecule has 1 aliphatic carbocycles. The van der Waals surface area contributed by atoms with Gasteiger partial charge in [0.05, 0.1) is 0 Å². The van der Waals surface area contributed by atoms with Gasteiger partial charge in [0.15, 0.2) is 0 Å². The molecule has 1 atom stereocenters. The van der Waals surface area contributed by atoms with Crippen LogP contribution in [0.15, 0.2) is 0 Å². The number of nitrogens with two attached hydrogens (primary N) is 1. The van der Waals surface area contributed by atoms with E-state index >= 15 is 0 Å². The third-order valence-corrected chi connectivity index (χ3v) is 4.81. The van der Waals surface area contributed by atoms with Gasteiger partial charge in [-0.15, -0.1) is 0 Å². The Morgan fingerprint density at radius 3 is 2.28 bits per heavy atom. The van der Waals surface area contributed by atoms with Gasteiger partial charge in [0.1, 0.15) is 0 Å². The number of hydrogen-bond acceptors (Lipinski definition) is 2. The molecule has 0 aromatic carbocycles. The molecule has 0 aromatic heterocycles. The summed E-state index contributed by atoms with van der Waals surface area (Å²) in [6, 6.07) is 0.791. The molecular formula is C16H34N2. The molecule has 1 saturated carbocycles. The van der Waals surface area contributed by atoms with Crippen molar-refractivity contribution in [1.29, 1.82) is 0 Å². The van der Waals surface area contributed by atoms with Crippen molar-refractivity contribution < 1.29 is 0 Å². The number of hydrogen-bond donors (Lipinski definition) is 1. The maximum atomic E-state index is 6.13. The molecular weight excluding hydrogens is 220 g/mol. The van der Waals surface area contributed by atoms with E-state index < -0.39 is 0 Å². The molecule has 2 heteroatoms. The van der Waals surface area contributed by atoms with Crippen LogP contribution < -0.4 is 5.73 Å². The van der Waals surface area contributed by atoms with Crippen LogP contribution in [0.25, 0.3) is 0 Å². The van der Waals surface area contributed by atoms with Crippen LogP contribution in [0.2, 0.25) is 0 Å². The van der Waals surface area contributed by atoms with Crippen molar-refractivity contribution >= 4 is 0 Å². The van der Waals surface area contributed by atoms with Gasteiger partial charge in [0.25, 0.3) is 0 Å². The first-order valence-electron chi connectivity index (χ1n) is 8.14. The lowest BCUT2D eigenvalue weighted by Gasteiger charge is -2.46. The molecule has 0 aliphatic heterocycles. The largest absolute Gasteiger partial charge is 0.329 e. The number of likely N-dealkylation sites (N-methyl/N-ethyl adjacent to an activating group) is 1. The lowest BCUT2D eigenvalue weighted by molar-refractivity contribution is 0.0396. The SMILES string of the molecule is CCCCCC(C)(CN)N(CC)C1CCCCC1. The Bertz CT molecular complexity index is 211. The van der Waals surface area contributed by atoms with Crippen molar-refractivity contribution in [3.05, 3.63) is 0 Å². The third-order valence-electron chi connectivity index (χ3n) is 4.81. The van der Waals surface area contributed by atoms with Crippen LogP contribution in [0.4, 0.5) is 0 Å². The van der Waals surface area contributed by atoms with Crippen molar-refractivity contribution in [3.8, 4) is 0 Å². The molecule has 1 fully saturated rings. The van der Waals surface area contributed by atoms with Gasteiger partial charge in [0.2, 0.25) is 0 Å². The molecule has 108 valence electrons. The molecule has 1 aliphatic rings. The van der Waals surface area contributed by atoms with Gasteiger partial charge in [-0.1, -0.05) is 52.4 Å². The highest BCUT2D eigenvalue weighted by atomic mass is 15.2. The molecule has 0 spiro atoms. The Labute approximate surface area is 114 Å². The zero-order valence-corrected chi connectivity index (χ0v) is 12.9. The van der Waals surface area contributed by atoms with Crippen molar-refractivity contribution in [2.45, 2.75) is 90.1 Å². The predicted octanol–water partition coefficient (Wildman–Crippen LogP) is 3.94. The monoisotopic (exact) mass is 254 g/mol. The Balaban J connectivity index is 2.61. The normalized spacial score (nSPS) is 21.2. The average molecular weight is 254 g/mol. The van der Waals surface area contributed by atoms with E-state index in [1.54, 1.807) is 0 Å². The van der Waals surface area contributed by atoms with E-state index in [1.807, 2.05) is 0 Å². The van der Waals surface area contributed by atoms with Crippen molar-refractivity contribution in [1.82, 2.24) is 4.90 Å². The van der Waals surface area contributed by atoms with Gasteiger partial charge >= 0.3 is 0 Å². The van der Waals surface area contributed by atoms with E-state index in [9.17, 15) is 0 Å². The second-order valence-electron chi connectivity index (χ2n) is 6.24. The van der Waals surface area contributed by atoms with Gasteiger partial charge in [-0.25, -0.2) is 0 Å². The van der Waals surface area contributed by atoms with E-state index in [4.69, 9.17) is 5.73 Å². The summed E-state index contributed by atoms with van der Waals surface area (Å²) < 4.78 is 0. The lowest BCUT2D eigenvalue weighted by atomic mass is 9.86. The van der Waals surface area contributed by atoms with Crippen LogP contribution in [-0.4, -0.2) is 29.6 Å². The summed E-state index contributed by atoms with van der Waals surface area (Å²) in [6.45, 7) is 8.94. The minimum atomic E-state index is 0.228. The first-order valence-corrected chi connectivity index (χ1v) is 8.14. The Morgan fingerprint density at radius 1 is 1.11 bits per heavy atom. The van der Waals surface area contributed by atoms with Gasteiger partial charge in [-0.2, -0.15) is 0 Å². The summed E-state index contributed by atoms with van der Waals surface area (Å²) in [4.78, 5) is 2.72. The predicted molar refractivity (Wildman–Crippen MR) is 80.9 cm³/mol. The van der Waals surface area contributed by atoms with Crippen LogP contribution >= 0.6 is 0 Å². The second kappa shape index (κ2) is 8.16. The first kappa shape index (κ1) is 16.0.